The highest BCUT2D eigenvalue weighted by atomic mass is 127. The maximum absolute atomic E-state index is 10.5. The molecule has 1 aromatic carbocycles. The van der Waals surface area contributed by atoms with Crippen LogP contribution < -0.4 is 4.57 Å². The van der Waals surface area contributed by atoms with E-state index < -0.39 is 10.1 Å². The Bertz CT molecular complexity index is 721. The molecule has 0 aliphatic carbocycles. The van der Waals surface area contributed by atoms with Crippen molar-refractivity contribution in [1.82, 2.24) is 0 Å². The van der Waals surface area contributed by atoms with Crippen LogP contribution in [0.3, 0.4) is 0 Å². The molecule has 6 heteroatoms. The zero-order chi connectivity index (χ0) is 19.3. The molecule has 0 bridgehead atoms. The summed E-state index contributed by atoms with van der Waals surface area (Å²) in [6.07, 6.45) is 14.0. The van der Waals surface area contributed by atoms with Crippen LogP contribution >= 0.6 is 22.6 Å². The summed E-state index contributed by atoms with van der Waals surface area (Å²) in [4.78, 5) is -0.152. The van der Waals surface area contributed by atoms with Gasteiger partial charge in [-0.1, -0.05) is 57.2 Å². The van der Waals surface area contributed by atoms with E-state index in [1.807, 2.05) is 0 Å². The first kappa shape index (κ1) is 23.0. The molecule has 144 valence electrons. The molecule has 0 aliphatic heterocycles. The van der Waals surface area contributed by atoms with Gasteiger partial charge in [0.2, 0.25) is 0 Å². The maximum atomic E-state index is 10.5. The van der Waals surface area contributed by atoms with E-state index in [1.165, 1.54) is 63.6 Å². The Balaban J connectivity index is 0.000000273. The predicted molar refractivity (Wildman–Crippen MR) is 112 cm³/mol. The molecule has 4 nitrogen and oxygen atoms in total. The summed E-state index contributed by atoms with van der Waals surface area (Å²) < 4.78 is 34.2. The van der Waals surface area contributed by atoms with E-state index >= 15 is 0 Å². The lowest BCUT2D eigenvalue weighted by Crippen LogP contribution is -2.32. The molecule has 1 aromatic heterocycles. The largest absolute Gasteiger partial charge is 0.744 e. The van der Waals surface area contributed by atoms with Gasteiger partial charge >= 0.3 is 0 Å². The smallest absolute Gasteiger partial charge is 0.168 e. The maximum Gasteiger partial charge on any atom is 0.168 e. The molecular formula is C20H28INO3S. The fourth-order valence-corrected chi connectivity index (χ4v) is 4.23. The van der Waals surface area contributed by atoms with Crippen LogP contribution in [0.15, 0.2) is 59.8 Å². The summed E-state index contributed by atoms with van der Waals surface area (Å²) in [5.41, 5.74) is 0. The number of halogens is 1. The average Bonchev–Trinajstić information content (AvgIpc) is 2.62. The van der Waals surface area contributed by atoms with Crippen LogP contribution in [0.1, 0.15) is 51.9 Å². The van der Waals surface area contributed by atoms with Crippen molar-refractivity contribution in [3.63, 3.8) is 0 Å². The summed E-state index contributed by atoms with van der Waals surface area (Å²) in [6.45, 7) is 3.45. The first-order chi connectivity index (χ1) is 12.4. The van der Waals surface area contributed by atoms with Crippen molar-refractivity contribution in [2.45, 2.75) is 63.3 Å². The molecule has 0 radical (unpaired) electrons. The Morgan fingerprint density at radius 3 is 2.00 bits per heavy atom. The second-order valence-electron chi connectivity index (χ2n) is 6.12. The summed E-state index contributed by atoms with van der Waals surface area (Å²) in [6, 6.07) is 12.3. The number of aromatic nitrogens is 1. The minimum absolute atomic E-state index is 0.152. The molecule has 0 aliphatic rings. The fourth-order valence-electron chi connectivity index (χ4n) is 2.48. The van der Waals surface area contributed by atoms with E-state index in [2.05, 4.69) is 42.1 Å². The zero-order valence-electron chi connectivity index (χ0n) is 15.3. The standard InChI is InChI=1S/C14H24N.C6H5IO3S/c1-2-3-4-5-6-7-9-12-15-13-10-8-11-14-15;7-5-3-1-2-4-6(5)11(8,9)10/h8,10-11,13-14H,2-7,9,12H2,1H3;1-4H,(H,8,9,10)/q+1;/p-1. The molecule has 1 heterocycles. The zero-order valence-corrected chi connectivity index (χ0v) is 18.3. The number of pyridine rings is 1. The van der Waals surface area contributed by atoms with E-state index in [4.69, 9.17) is 0 Å². The molecule has 0 fully saturated rings. The van der Waals surface area contributed by atoms with Gasteiger partial charge in [0, 0.05) is 22.1 Å². The van der Waals surface area contributed by atoms with Crippen molar-refractivity contribution in [2.24, 2.45) is 0 Å². The Morgan fingerprint density at radius 2 is 1.46 bits per heavy atom. The van der Waals surface area contributed by atoms with Gasteiger partial charge in [0.15, 0.2) is 12.4 Å². The van der Waals surface area contributed by atoms with Crippen molar-refractivity contribution >= 4 is 32.7 Å². The normalized spacial score (nSPS) is 10.9. The topological polar surface area (TPSA) is 61.1 Å². The van der Waals surface area contributed by atoms with Gasteiger partial charge in [-0.2, -0.15) is 0 Å². The van der Waals surface area contributed by atoms with E-state index in [1.54, 1.807) is 34.7 Å². The predicted octanol–water partition coefficient (Wildman–Crippen LogP) is 4.92. The summed E-state index contributed by atoms with van der Waals surface area (Å²) in [5.74, 6) is 0. The van der Waals surface area contributed by atoms with E-state index in [-0.39, 0.29) is 4.90 Å². The summed E-state index contributed by atoms with van der Waals surface area (Å²) in [5, 5.41) is 0. The van der Waals surface area contributed by atoms with Gasteiger partial charge in [-0.25, -0.2) is 13.0 Å². The lowest BCUT2D eigenvalue weighted by atomic mass is 10.1. The number of hydrogen-bond donors (Lipinski definition) is 0. The second-order valence-corrected chi connectivity index (χ2v) is 8.63. The molecule has 0 spiro atoms. The molecular weight excluding hydrogens is 461 g/mol. The molecule has 0 N–H and O–H groups in total. The highest BCUT2D eigenvalue weighted by Gasteiger charge is 2.03. The monoisotopic (exact) mass is 489 g/mol. The van der Waals surface area contributed by atoms with Crippen LogP contribution in [0.2, 0.25) is 0 Å². The molecule has 2 rings (SSSR count). The SMILES string of the molecule is CCCCCCCCC[n+]1ccccc1.O=S(=O)([O-])c1ccccc1I. The van der Waals surface area contributed by atoms with Crippen LogP contribution in [-0.4, -0.2) is 13.0 Å². The lowest BCUT2D eigenvalue weighted by molar-refractivity contribution is -0.697. The van der Waals surface area contributed by atoms with Gasteiger partial charge in [0.1, 0.15) is 16.7 Å². The van der Waals surface area contributed by atoms with E-state index in [9.17, 15) is 13.0 Å². The number of aryl methyl sites for hydroxylation is 1. The quantitative estimate of drug-likeness (QED) is 0.218. The highest BCUT2D eigenvalue weighted by Crippen LogP contribution is 2.16. The van der Waals surface area contributed by atoms with Crippen LogP contribution in [0.4, 0.5) is 0 Å². The third kappa shape index (κ3) is 10.2. The van der Waals surface area contributed by atoms with Gasteiger partial charge in [-0.15, -0.1) is 0 Å². The van der Waals surface area contributed by atoms with Crippen LogP contribution in [0.25, 0.3) is 0 Å². The van der Waals surface area contributed by atoms with Crippen LogP contribution in [0.5, 0.6) is 0 Å². The van der Waals surface area contributed by atoms with E-state index in [0.29, 0.717) is 3.57 Å². The minimum Gasteiger partial charge on any atom is -0.744 e. The first-order valence-electron chi connectivity index (χ1n) is 9.09. The molecule has 0 atom stereocenters. The van der Waals surface area contributed by atoms with Crippen LogP contribution in [0, 0.1) is 3.57 Å². The molecule has 0 saturated carbocycles. The Hall–Kier alpha value is -0.990. The first-order valence-corrected chi connectivity index (χ1v) is 11.6. The Morgan fingerprint density at radius 1 is 0.885 bits per heavy atom. The Kier molecular flexibility index (Phi) is 11.7. The number of benzene rings is 1. The number of hydrogen-bond acceptors (Lipinski definition) is 3. The highest BCUT2D eigenvalue weighted by molar-refractivity contribution is 14.1. The van der Waals surface area contributed by atoms with Crippen molar-refractivity contribution in [1.29, 1.82) is 0 Å². The number of rotatable bonds is 9. The molecule has 0 saturated heterocycles. The molecule has 26 heavy (non-hydrogen) atoms. The lowest BCUT2D eigenvalue weighted by Gasteiger charge is -2.07. The molecule has 2 aromatic rings. The van der Waals surface area contributed by atoms with E-state index in [0.717, 1.165) is 0 Å². The second kappa shape index (κ2) is 13.2. The number of unbranched alkanes of at least 4 members (excludes halogenated alkanes) is 6. The van der Waals surface area contributed by atoms with Gasteiger partial charge in [0.25, 0.3) is 0 Å². The average molecular weight is 489 g/mol. The van der Waals surface area contributed by atoms with Crippen LogP contribution in [-0.2, 0) is 16.7 Å². The van der Waals surface area contributed by atoms with Crippen molar-refractivity contribution in [3.8, 4) is 0 Å². The van der Waals surface area contributed by atoms with Crippen molar-refractivity contribution < 1.29 is 17.5 Å². The van der Waals surface area contributed by atoms with Gasteiger partial charge in [-0.3, -0.25) is 0 Å². The summed E-state index contributed by atoms with van der Waals surface area (Å²) in [7, 11) is -4.29. The van der Waals surface area contributed by atoms with Gasteiger partial charge in [0.05, 0.1) is 4.90 Å². The minimum atomic E-state index is -4.29. The number of nitrogens with zero attached hydrogens (tertiary/aromatic N) is 1. The van der Waals surface area contributed by atoms with Gasteiger partial charge in [-0.05, 0) is 41.1 Å². The fraction of sp³-hybridized carbons (Fsp3) is 0.450. The summed E-state index contributed by atoms with van der Waals surface area (Å²) >= 11 is 1.81. The molecule has 0 amide bonds. The van der Waals surface area contributed by atoms with Gasteiger partial charge < -0.3 is 4.55 Å². The molecule has 0 unspecified atom stereocenters. The van der Waals surface area contributed by atoms with Crippen molar-refractivity contribution in [2.75, 3.05) is 0 Å². The van der Waals surface area contributed by atoms with Crippen molar-refractivity contribution in [3.05, 3.63) is 58.4 Å². The third-order valence-electron chi connectivity index (χ3n) is 3.90. The third-order valence-corrected chi connectivity index (χ3v) is 6.10. The Labute approximate surface area is 171 Å².